The smallest absolute Gasteiger partial charge is 0.350 e. The summed E-state index contributed by atoms with van der Waals surface area (Å²) in [5.74, 6) is -1.81. The summed E-state index contributed by atoms with van der Waals surface area (Å²) in [6, 6.07) is 12.3. The van der Waals surface area contributed by atoms with Gasteiger partial charge in [0.05, 0.1) is 31.5 Å². The Morgan fingerprint density at radius 1 is 1.14 bits per heavy atom. The predicted octanol–water partition coefficient (Wildman–Crippen LogP) is 4.44. The van der Waals surface area contributed by atoms with E-state index in [-0.39, 0.29) is 27.9 Å². The summed E-state index contributed by atoms with van der Waals surface area (Å²) in [5.41, 5.74) is 1.02. The van der Waals surface area contributed by atoms with Crippen molar-refractivity contribution in [3.63, 3.8) is 0 Å². The fourth-order valence-electron chi connectivity index (χ4n) is 3.96. The molecule has 0 aliphatic carbocycles. The number of anilines is 1. The molecule has 2 aromatic carbocycles. The van der Waals surface area contributed by atoms with Crippen LogP contribution in [0.15, 0.2) is 66.8 Å². The van der Waals surface area contributed by atoms with Crippen LogP contribution >= 0.6 is 11.3 Å². The number of benzene rings is 2. The minimum Gasteiger partial charge on any atom is -0.507 e. The number of Topliss-reactive ketones (excluding diaryl/α,β-unsaturated/α-hetero) is 1. The number of hydrogen-bond acceptors (Lipinski definition) is 9. The highest BCUT2D eigenvalue weighted by atomic mass is 32.1. The van der Waals surface area contributed by atoms with Gasteiger partial charge in [0.2, 0.25) is 0 Å². The van der Waals surface area contributed by atoms with Crippen molar-refractivity contribution in [2.45, 2.75) is 13.0 Å². The van der Waals surface area contributed by atoms with Crippen LogP contribution in [0.1, 0.15) is 32.5 Å². The molecule has 1 unspecified atom stereocenters. The number of esters is 1. The highest BCUT2D eigenvalue weighted by molar-refractivity contribution is 7.17. The Hall–Kier alpha value is -4.44. The number of hydrogen-bond donors (Lipinski definition) is 1. The molecule has 1 N–H and O–H groups in total. The Morgan fingerprint density at radius 3 is 2.49 bits per heavy atom. The lowest BCUT2D eigenvalue weighted by atomic mass is 9.95. The van der Waals surface area contributed by atoms with E-state index >= 15 is 0 Å². The van der Waals surface area contributed by atoms with Crippen LogP contribution in [0.2, 0.25) is 0 Å². The maximum atomic E-state index is 13.4. The summed E-state index contributed by atoms with van der Waals surface area (Å²) in [4.78, 5) is 45.0. The third-order valence-corrected chi connectivity index (χ3v) is 6.84. The first-order valence-electron chi connectivity index (χ1n) is 11.2. The molecule has 10 heteroatoms. The summed E-state index contributed by atoms with van der Waals surface area (Å²) >= 11 is 0.923. The summed E-state index contributed by atoms with van der Waals surface area (Å²) in [6.07, 6.45) is 1.44. The van der Waals surface area contributed by atoms with Gasteiger partial charge in [-0.3, -0.25) is 14.5 Å². The van der Waals surface area contributed by atoms with E-state index in [9.17, 15) is 19.5 Å². The van der Waals surface area contributed by atoms with Crippen molar-refractivity contribution >= 4 is 39.9 Å². The van der Waals surface area contributed by atoms with Crippen LogP contribution in [0.4, 0.5) is 5.13 Å². The summed E-state index contributed by atoms with van der Waals surface area (Å²) in [5, 5.41) is 11.4. The van der Waals surface area contributed by atoms with E-state index in [4.69, 9.17) is 14.2 Å². The fraction of sp³-hybridized carbons (Fsp3) is 0.185. The van der Waals surface area contributed by atoms with E-state index < -0.39 is 23.7 Å². The van der Waals surface area contributed by atoms with Gasteiger partial charge in [-0.25, -0.2) is 9.78 Å². The molecule has 9 nitrogen and oxygen atoms in total. The first kappa shape index (κ1) is 25.6. The average molecular weight is 521 g/mol. The Bertz CT molecular complexity index is 1430. The minimum atomic E-state index is -1.04. The largest absolute Gasteiger partial charge is 0.507 e. The second-order valence-electron chi connectivity index (χ2n) is 7.98. The molecule has 190 valence electrons. The zero-order chi connectivity index (χ0) is 26.7. The van der Waals surface area contributed by atoms with Crippen molar-refractivity contribution in [3.05, 3.63) is 88.5 Å². The van der Waals surface area contributed by atoms with Gasteiger partial charge < -0.3 is 19.3 Å². The number of carbonyl (C=O) groups is 3. The number of nitrogens with zero attached hydrogens (tertiary/aromatic N) is 2. The molecule has 0 saturated carbocycles. The predicted molar refractivity (Wildman–Crippen MR) is 138 cm³/mol. The second kappa shape index (κ2) is 10.7. The number of aliphatic hydroxyl groups excluding tert-OH is 1. The lowest BCUT2D eigenvalue weighted by Crippen LogP contribution is -2.29. The van der Waals surface area contributed by atoms with Crippen molar-refractivity contribution in [1.82, 2.24) is 4.98 Å². The highest BCUT2D eigenvalue weighted by Crippen LogP contribution is 2.44. The second-order valence-corrected chi connectivity index (χ2v) is 8.95. The van der Waals surface area contributed by atoms with Gasteiger partial charge in [0, 0.05) is 5.56 Å². The van der Waals surface area contributed by atoms with E-state index in [1.54, 1.807) is 55.5 Å². The number of ketones is 1. The summed E-state index contributed by atoms with van der Waals surface area (Å²) in [6.45, 7) is 5.15. The zero-order valence-electron chi connectivity index (χ0n) is 20.4. The van der Waals surface area contributed by atoms with Crippen LogP contribution in [0, 0.1) is 6.92 Å². The quantitative estimate of drug-likeness (QED) is 0.152. The molecule has 1 fully saturated rings. The van der Waals surface area contributed by atoms with E-state index in [2.05, 4.69) is 11.6 Å². The molecule has 0 spiro atoms. The van der Waals surface area contributed by atoms with Crippen molar-refractivity contribution < 1.29 is 33.7 Å². The Balaban J connectivity index is 1.90. The third kappa shape index (κ3) is 4.83. The van der Waals surface area contributed by atoms with Crippen LogP contribution in [-0.2, 0) is 14.3 Å². The topological polar surface area (TPSA) is 115 Å². The SMILES string of the molecule is C=CCOC(=O)c1sc(N2C(=O)C(=O)/C(=C(/O)c3cccc(OC)c3)C2c2cccc(OC)c2)nc1C. The lowest BCUT2D eigenvalue weighted by molar-refractivity contribution is -0.132. The molecule has 1 amide bonds. The van der Waals surface area contributed by atoms with Gasteiger partial charge in [0.1, 0.15) is 28.7 Å². The third-order valence-electron chi connectivity index (χ3n) is 5.71. The molecule has 2 heterocycles. The maximum absolute atomic E-state index is 13.4. The number of aryl methyl sites for hydroxylation is 1. The molecule has 1 saturated heterocycles. The van der Waals surface area contributed by atoms with Crippen molar-refractivity contribution in [1.29, 1.82) is 0 Å². The van der Waals surface area contributed by atoms with Crippen molar-refractivity contribution in [2.24, 2.45) is 0 Å². The number of aliphatic hydroxyl groups is 1. The fourth-order valence-corrected chi connectivity index (χ4v) is 4.94. The number of carbonyl (C=O) groups excluding carboxylic acids is 3. The highest BCUT2D eigenvalue weighted by Gasteiger charge is 2.48. The van der Waals surface area contributed by atoms with Crippen LogP contribution in [0.25, 0.3) is 5.76 Å². The van der Waals surface area contributed by atoms with Crippen LogP contribution in [0.3, 0.4) is 0 Å². The molecular formula is C27H24N2O7S. The molecule has 0 bridgehead atoms. The average Bonchev–Trinajstić information content (AvgIpc) is 3.43. The number of methoxy groups -OCH3 is 2. The maximum Gasteiger partial charge on any atom is 0.350 e. The molecule has 37 heavy (non-hydrogen) atoms. The molecule has 1 aliphatic rings. The zero-order valence-corrected chi connectivity index (χ0v) is 21.2. The summed E-state index contributed by atoms with van der Waals surface area (Å²) < 4.78 is 15.7. The van der Waals surface area contributed by atoms with E-state index in [0.717, 1.165) is 11.3 Å². The van der Waals surface area contributed by atoms with Gasteiger partial charge in [0.25, 0.3) is 5.78 Å². The summed E-state index contributed by atoms with van der Waals surface area (Å²) in [7, 11) is 2.98. The van der Waals surface area contributed by atoms with Gasteiger partial charge >= 0.3 is 11.9 Å². The van der Waals surface area contributed by atoms with Gasteiger partial charge in [-0.15, -0.1) is 0 Å². The molecule has 3 aromatic rings. The van der Waals surface area contributed by atoms with Crippen molar-refractivity contribution in [2.75, 3.05) is 25.7 Å². The number of ether oxygens (including phenoxy) is 3. The molecule has 4 rings (SSSR count). The number of aromatic nitrogens is 1. The van der Waals surface area contributed by atoms with E-state index in [0.29, 0.717) is 28.3 Å². The van der Waals surface area contributed by atoms with Gasteiger partial charge in [-0.2, -0.15) is 0 Å². The monoisotopic (exact) mass is 520 g/mol. The van der Waals surface area contributed by atoms with Crippen molar-refractivity contribution in [3.8, 4) is 11.5 Å². The van der Waals surface area contributed by atoms with Crippen LogP contribution < -0.4 is 14.4 Å². The number of rotatable bonds is 8. The Labute approximate surface area is 217 Å². The van der Waals surface area contributed by atoms with E-state index in [1.165, 1.54) is 25.2 Å². The van der Waals surface area contributed by atoms with Crippen LogP contribution in [-0.4, -0.2) is 48.6 Å². The van der Waals surface area contributed by atoms with Crippen LogP contribution in [0.5, 0.6) is 11.5 Å². The van der Waals surface area contributed by atoms with Gasteiger partial charge in [-0.1, -0.05) is 48.3 Å². The molecular weight excluding hydrogens is 496 g/mol. The molecule has 1 aliphatic heterocycles. The standard InChI is InChI=1S/C27H24N2O7S/c1-5-12-36-26(33)24-15(2)28-27(37-24)29-21(16-8-6-10-18(13-16)34-3)20(23(31)25(29)32)22(30)17-9-7-11-19(14-17)35-4/h5-11,13-14,21,30H,1,12H2,2-4H3/b22-20+. The molecule has 1 aromatic heterocycles. The van der Waals surface area contributed by atoms with Gasteiger partial charge in [-0.05, 0) is 36.8 Å². The van der Waals surface area contributed by atoms with Gasteiger partial charge in [0.15, 0.2) is 5.13 Å². The number of amides is 1. The molecule has 1 atom stereocenters. The lowest BCUT2D eigenvalue weighted by Gasteiger charge is -2.23. The normalized spacial score (nSPS) is 16.5. The van der Waals surface area contributed by atoms with E-state index in [1.807, 2.05) is 0 Å². The first-order valence-corrected chi connectivity index (χ1v) is 12.0. The number of thiazole rings is 1. The molecule has 0 radical (unpaired) electrons. The minimum absolute atomic E-state index is 0.0143. The Morgan fingerprint density at radius 2 is 1.81 bits per heavy atom. The Kier molecular flexibility index (Phi) is 7.40. The first-order chi connectivity index (χ1) is 17.8.